The van der Waals surface area contributed by atoms with Gasteiger partial charge < -0.3 is 4.57 Å². The summed E-state index contributed by atoms with van der Waals surface area (Å²) in [6.45, 7) is 0. The fraction of sp³-hybridized carbons (Fsp3) is 0.100. The Kier molecular flexibility index (Phi) is 1.65. The highest BCUT2D eigenvalue weighted by atomic mass is 19.1. The van der Waals surface area contributed by atoms with Crippen molar-refractivity contribution in [1.29, 1.82) is 0 Å². The second kappa shape index (κ2) is 2.69. The number of aldehydes is 1. The number of hydrogen-bond acceptors (Lipinski definition) is 1. The van der Waals surface area contributed by atoms with E-state index in [9.17, 15) is 9.18 Å². The van der Waals surface area contributed by atoms with Gasteiger partial charge in [0.1, 0.15) is 5.82 Å². The second-order valence-corrected chi connectivity index (χ2v) is 2.92. The highest BCUT2D eigenvalue weighted by molar-refractivity contribution is 5.89. The molecule has 0 aliphatic heterocycles. The van der Waals surface area contributed by atoms with E-state index in [1.54, 1.807) is 29.8 Å². The van der Waals surface area contributed by atoms with Crippen LogP contribution in [0.5, 0.6) is 0 Å². The number of rotatable bonds is 1. The maximum Gasteiger partial charge on any atom is 0.166 e. The Bertz CT molecular complexity index is 473. The minimum Gasteiger partial charge on any atom is -0.341 e. The van der Waals surface area contributed by atoms with Gasteiger partial charge in [0.05, 0.1) is 11.2 Å². The van der Waals surface area contributed by atoms with Gasteiger partial charge in [0.15, 0.2) is 6.29 Å². The molecule has 0 N–H and O–H groups in total. The molecule has 2 rings (SSSR count). The number of benzene rings is 1. The monoisotopic (exact) mass is 177 g/mol. The van der Waals surface area contributed by atoms with Crippen molar-refractivity contribution in [2.75, 3.05) is 0 Å². The number of fused-ring (bicyclic) bond motifs is 1. The lowest BCUT2D eigenvalue weighted by Gasteiger charge is -1.96. The zero-order valence-corrected chi connectivity index (χ0v) is 7.12. The molecule has 66 valence electrons. The summed E-state index contributed by atoms with van der Waals surface area (Å²) in [5.74, 6) is -0.291. The van der Waals surface area contributed by atoms with Crippen LogP contribution in [0.1, 0.15) is 10.5 Å². The third-order valence-electron chi connectivity index (χ3n) is 2.19. The predicted octanol–water partition coefficient (Wildman–Crippen LogP) is 2.13. The van der Waals surface area contributed by atoms with Crippen molar-refractivity contribution in [3.63, 3.8) is 0 Å². The fourth-order valence-electron chi connectivity index (χ4n) is 1.46. The van der Waals surface area contributed by atoms with E-state index in [0.717, 1.165) is 11.8 Å². The minimum absolute atomic E-state index is 0.291. The van der Waals surface area contributed by atoms with E-state index < -0.39 is 0 Å². The smallest absolute Gasteiger partial charge is 0.166 e. The highest BCUT2D eigenvalue weighted by Crippen LogP contribution is 2.20. The van der Waals surface area contributed by atoms with Crippen LogP contribution in [0.4, 0.5) is 4.39 Å². The second-order valence-electron chi connectivity index (χ2n) is 2.92. The molecule has 0 fully saturated rings. The minimum atomic E-state index is -0.291. The first kappa shape index (κ1) is 7.98. The van der Waals surface area contributed by atoms with Crippen molar-refractivity contribution in [2.24, 2.45) is 7.05 Å². The zero-order chi connectivity index (χ0) is 9.42. The number of aromatic nitrogens is 1. The van der Waals surface area contributed by atoms with Gasteiger partial charge in [0.25, 0.3) is 0 Å². The Labute approximate surface area is 74.6 Å². The van der Waals surface area contributed by atoms with E-state index >= 15 is 0 Å². The number of nitrogens with zero attached hydrogens (tertiary/aromatic N) is 1. The van der Waals surface area contributed by atoms with Gasteiger partial charge in [-0.05, 0) is 18.2 Å². The maximum absolute atomic E-state index is 13.2. The Hall–Kier alpha value is -1.64. The lowest BCUT2D eigenvalue weighted by molar-refractivity contribution is 0.111. The molecule has 3 heteroatoms. The number of aryl methyl sites for hydroxylation is 1. The largest absolute Gasteiger partial charge is 0.341 e. The van der Waals surface area contributed by atoms with Crippen molar-refractivity contribution in [2.45, 2.75) is 0 Å². The fourth-order valence-corrected chi connectivity index (χ4v) is 1.46. The molecule has 0 saturated heterocycles. The molecule has 0 spiro atoms. The maximum atomic E-state index is 13.2. The van der Waals surface area contributed by atoms with Crippen molar-refractivity contribution >= 4 is 17.2 Å². The topological polar surface area (TPSA) is 22.0 Å². The molecular formula is C10H8FNO. The first-order valence-corrected chi connectivity index (χ1v) is 3.93. The molecular weight excluding hydrogens is 169 g/mol. The molecule has 0 amide bonds. The Morgan fingerprint density at radius 3 is 2.85 bits per heavy atom. The summed E-state index contributed by atoms with van der Waals surface area (Å²) < 4.78 is 14.9. The van der Waals surface area contributed by atoms with Gasteiger partial charge in [-0.1, -0.05) is 6.07 Å². The molecule has 0 aliphatic carbocycles. The molecule has 1 aromatic heterocycles. The predicted molar refractivity (Wildman–Crippen MR) is 48.3 cm³/mol. The molecule has 0 unspecified atom stereocenters. The Morgan fingerprint density at radius 2 is 2.23 bits per heavy atom. The van der Waals surface area contributed by atoms with Crippen LogP contribution >= 0.6 is 0 Å². The van der Waals surface area contributed by atoms with Crippen molar-refractivity contribution in [3.05, 3.63) is 35.8 Å². The molecule has 0 aliphatic rings. The first-order valence-electron chi connectivity index (χ1n) is 3.93. The van der Waals surface area contributed by atoms with Gasteiger partial charge in [0.2, 0.25) is 0 Å². The summed E-state index contributed by atoms with van der Waals surface area (Å²) in [5.41, 5.74) is 1.22. The lowest BCUT2D eigenvalue weighted by atomic mass is 10.2. The quantitative estimate of drug-likeness (QED) is 0.611. The molecule has 2 nitrogen and oxygen atoms in total. The van der Waals surface area contributed by atoms with E-state index in [1.807, 2.05) is 0 Å². The van der Waals surface area contributed by atoms with Crippen LogP contribution in [0, 0.1) is 5.82 Å². The van der Waals surface area contributed by atoms with Gasteiger partial charge in [-0.3, -0.25) is 4.79 Å². The van der Waals surface area contributed by atoms with Gasteiger partial charge >= 0.3 is 0 Å². The number of carbonyl (C=O) groups is 1. The van der Waals surface area contributed by atoms with Gasteiger partial charge in [-0.2, -0.15) is 0 Å². The van der Waals surface area contributed by atoms with Crippen LogP contribution in [0.15, 0.2) is 24.3 Å². The average molecular weight is 177 g/mol. The Balaban J connectivity index is 2.91. The molecule has 2 aromatic rings. The molecule has 0 saturated carbocycles. The SMILES string of the molecule is Cn1c(C=O)cc2c(F)cccc21. The normalized spacial score (nSPS) is 10.6. The van der Waals surface area contributed by atoms with Gasteiger partial charge in [-0.25, -0.2) is 4.39 Å². The van der Waals surface area contributed by atoms with Crippen LogP contribution in [0.3, 0.4) is 0 Å². The van der Waals surface area contributed by atoms with Crippen LogP contribution in [0.25, 0.3) is 10.9 Å². The molecule has 0 radical (unpaired) electrons. The standard InChI is InChI=1S/C10H8FNO/c1-12-7(6-13)5-8-9(11)3-2-4-10(8)12/h2-6H,1H3. The van der Waals surface area contributed by atoms with Crippen LogP contribution < -0.4 is 0 Å². The summed E-state index contributed by atoms with van der Waals surface area (Å²) in [4.78, 5) is 10.6. The summed E-state index contributed by atoms with van der Waals surface area (Å²) in [6, 6.07) is 6.35. The van der Waals surface area contributed by atoms with Crippen LogP contribution in [-0.2, 0) is 7.05 Å². The van der Waals surface area contributed by atoms with Crippen molar-refractivity contribution < 1.29 is 9.18 Å². The van der Waals surface area contributed by atoms with Crippen LogP contribution in [-0.4, -0.2) is 10.9 Å². The third-order valence-corrected chi connectivity index (χ3v) is 2.19. The average Bonchev–Trinajstić information content (AvgIpc) is 2.45. The lowest BCUT2D eigenvalue weighted by Crippen LogP contribution is -1.92. The van der Waals surface area contributed by atoms with Gasteiger partial charge in [-0.15, -0.1) is 0 Å². The van der Waals surface area contributed by atoms with Gasteiger partial charge in [0, 0.05) is 12.4 Å². The molecule has 0 bridgehead atoms. The van der Waals surface area contributed by atoms with Crippen molar-refractivity contribution in [3.8, 4) is 0 Å². The summed E-state index contributed by atoms with van der Waals surface area (Å²) in [7, 11) is 1.74. The zero-order valence-electron chi connectivity index (χ0n) is 7.12. The summed E-state index contributed by atoms with van der Waals surface area (Å²) in [5, 5.41) is 0.493. The summed E-state index contributed by atoms with van der Waals surface area (Å²) in [6.07, 6.45) is 0.722. The number of carbonyl (C=O) groups excluding carboxylic acids is 1. The molecule has 1 aromatic carbocycles. The van der Waals surface area contributed by atoms with E-state index in [-0.39, 0.29) is 5.82 Å². The van der Waals surface area contributed by atoms with Crippen LogP contribution in [0.2, 0.25) is 0 Å². The third kappa shape index (κ3) is 1.04. The number of hydrogen-bond donors (Lipinski definition) is 0. The summed E-state index contributed by atoms with van der Waals surface area (Å²) >= 11 is 0. The van der Waals surface area contributed by atoms with E-state index in [2.05, 4.69) is 0 Å². The molecule has 1 heterocycles. The Morgan fingerprint density at radius 1 is 1.46 bits per heavy atom. The highest BCUT2D eigenvalue weighted by Gasteiger charge is 2.07. The van der Waals surface area contributed by atoms with E-state index in [0.29, 0.717) is 11.1 Å². The first-order chi connectivity index (χ1) is 6.24. The van der Waals surface area contributed by atoms with E-state index in [1.165, 1.54) is 6.07 Å². The van der Waals surface area contributed by atoms with E-state index in [4.69, 9.17) is 0 Å². The molecule has 0 atom stereocenters. The number of halogens is 1. The molecule has 13 heavy (non-hydrogen) atoms. The van der Waals surface area contributed by atoms with Crippen molar-refractivity contribution in [1.82, 2.24) is 4.57 Å².